The number of nitrogens with zero attached hydrogens (tertiary/aromatic N) is 1. The van der Waals surface area contributed by atoms with Gasteiger partial charge in [0, 0.05) is 11.6 Å². The van der Waals surface area contributed by atoms with E-state index >= 15 is 0 Å². The highest BCUT2D eigenvalue weighted by Gasteiger charge is 2.31. The van der Waals surface area contributed by atoms with Crippen LogP contribution in [0.2, 0.25) is 0 Å². The third kappa shape index (κ3) is 3.85. The van der Waals surface area contributed by atoms with E-state index in [1.807, 2.05) is 0 Å². The number of aromatic nitrogens is 1. The van der Waals surface area contributed by atoms with Crippen molar-refractivity contribution in [3.05, 3.63) is 47.5 Å². The summed E-state index contributed by atoms with van der Waals surface area (Å²) < 4.78 is 49.5. The molecule has 0 unspecified atom stereocenters. The summed E-state index contributed by atoms with van der Waals surface area (Å²) in [5, 5.41) is 6.72. The van der Waals surface area contributed by atoms with Gasteiger partial charge in [0.1, 0.15) is 11.3 Å². The van der Waals surface area contributed by atoms with Crippen molar-refractivity contribution in [1.29, 1.82) is 0 Å². The van der Waals surface area contributed by atoms with Crippen molar-refractivity contribution in [2.45, 2.75) is 37.9 Å². The van der Waals surface area contributed by atoms with Gasteiger partial charge in [-0.3, -0.25) is 4.79 Å². The maximum Gasteiger partial charge on any atom is 0.416 e. The van der Waals surface area contributed by atoms with Gasteiger partial charge in [0.25, 0.3) is 5.91 Å². The number of benzene rings is 1. The number of rotatable bonds is 4. The van der Waals surface area contributed by atoms with Gasteiger partial charge in [0.15, 0.2) is 11.5 Å². The predicted molar refractivity (Wildman–Crippen MR) is 98.8 cm³/mol. The number of carbonyl (C=O) groups is 1. The van der Waals surface area contributed by atoms with Crippen LogP contribution in [-0.2, 0) is 6.18 Å². The summed E-state index contributed by atoms with van der Waals surface area (Å²) in [6.07, 6.45) is -0.568. The van der Waals surface area contributed by atoms with Crippen LogP contribution in [0.15, 0.2) is 45.3 Å². The normalized spacial score (nSPS) is 15.0. The van der Waals surface area contributed by atoms with Gasteiger partial charge in [0.2, 0.25) is 5.88 Å². The molecule has 2 heterocycles. The first-order valence-corrected chi connectivity index (χ1v) is 9.17. The fourth-order valence-electron chi connectivity index (χ4n) is 3.49. The Labute approximate surface area is 163 Å². The van der Waals surface area contributed by atoms with Gasteiger partial charge in [-0.15, -0.1) is 0 Å². The average Bonchev–Trinajstić information content (AvgIpc) is 3.41. The number of nitrogen functional groups attached to an aromatic ring is 1. The van der Waals surface area contributed by atoms with E-state index in [4.69, 9.17) is 14.7 Å². The maximum atomic E-state index is 13.0. The van der Waals surface area contributed by atoms with Gasteiger partial charge in [-0.1, -0.05) is 30.1 Å². The van der Waals surface area contributed by atoms with E-state index in [9.17, 15) is 18.0 Å². The second-order valence-corrected chi connectivity index (χ2v) is 6.97. The van der Waals surface area contributed by atoms with Crippen LogP contribution in [0.3, 0.4) is 0 Å². The smallest absolute Gasteiger partial charge is 0.416 e. The molecule has 4 rings (SSSR count). The molecule has 1 saturated carbocycles. The van der Waals surface area contributed by atoms with E-state index in [1.54, 1.807) is 0 Å². The second-order valence-electron chi connectivity index (χ2n) is 6.97. The molecule has 0 radical (unpaired) electrons. The Hall–Kier alpha value is -3.23. The number of furan rings is 1. The number of hydrogen-bond acceptors (Lipinski definition) is 5. The molecule has 152 valence electrons. The Morgan fingerprint density at radius 2 is 1.86 bits per heavy atom. The van der Waals surface area contributed by atoms with Crippen molar-refractivity contribution in [3.8, 4) is 22.8 Å². The molecule has 2 aromatic heterocycles. The quantitative estimate of drug-likeness (QED) is 0.646. The van der Waals surface area contributed by atoms with Gasteiger partial charge in [0.05, 0.1) is 5.56 Å². The summed E-state index contributed by atoms with van der Waals surface area (Å²) in [4.78, 5) is 12.7. The molecule has 0 saturated heterocycles. The Morgan fingerprint density at radius 1 is 1.14 bits per heavy atom. The fraction of sp³-hybridized carbons (Fsp3) is 0.300. The first-order valence-electron chi connectivity index (χ1n) is 9.17. The van der Waals surface area contributed by atoms with E-state index in [-0.39, 0.29) is 40.3 Å². The van der Waals surface area contributed by atoms with E-state index in [1.165, 1.54) is 24.3 Å². The van der Waals surface area contributed by atoms with Gasteiger partial charge >= 0.3 is 6.18 Å². The van der Waals surface area contributed by atoms with Crippen molar-refractivity contribution < 1.29 is 26.9 Å². The van der Waals surface area contributed by atoms with Crippen LogP contribution in [0.4, 0.5) is 19.1 Å². The highest BCUT2D eigenvalue weighted by molar-refractivity contribution is 6.03. The van der Waals surface area contributed by atoms with E-state index in [2.05, 4.69) is 10.5 Å². The third-order valence-electron chi connectivity index (χ3n) is 4.95. The molecule has 3 N–H and O–H groups in total. The Kier molecular flexibility index (Phi) is 4.81. The van der Waals surface area contributed by atoms with Crippen LogP contribution in [0, 0.1) is 0 Å². The Morgan fingerprint density at radius 3 is 2.59 bits per heavy atom. The zero-order valence-corrected chi connectivity index (χ0v) is 15.3. The lowest BCUT2D eigenvalue weighted by molar-refractivity contribution is -0.137. The highest BCUT2D eigenvalue weighted by atomic mass is 19.4. The molecule has 6 nitrogen and oxygen atoms in total. The SMILES string of the molecule is Nc1onc(-c2ccc(-c3cccc(C(F)(F)F)c3)o2)c1C(=O)NC1CCCC1. The van der Waals surface area contributed by atoms with Crippen molar-refractivity contribution in [2.24, 2.45) is 0 Å². The van der Waals surface area contributed by atoms with Crippen LogP contribution in [0.1, 0.15) is 41.6 Å². The minimum absolute atomic E-state index is 0.0573. The Balaban J connectivity index is 1.63. The topological polar surface area (TPSA) is 94.3 Å². The molecule has 1 fully saturated rings. The number of nitrogens with one attached hydrogen (secondary N) is 1. The lowest BCUT2D eigenvalue weighted by Gasteiger charge is -2.11. The molecular formula is C20H18F3N3O3. The summed E-state index contributed by atoms with van der Waals surface area (Å²) in [5.74, 6) is -0.181. The van der Waals surface area contributed by atoms with Crippen LogP contribution < -0.4 is 11.1 Å². The van der Waals surface area contributed by atoms with Gasteiger partial charge in [-0.05, 0) is 37.1 Å². The molecular weight excluding hydrogens is 387 g/mol. The third-order valence-corrected chi connectivity index (χ3v) is 4.95. The molecule has 3 aromatic rings. The minimum atomic E-state index is -4.46. The standard InChI is InChI=1S/C20H18F3N3O3/c21-20(22,23)12-5-3-4-11(10-12)14-8-9-15(28-14)17-16(18(24)29-26-17)19(27)25-13-6-1-2-7-13/h3-5,8-10,13H,1-2,6-7,24H2,(H,25,27). The number of amides is 1. The summed E-state index contributed by atoms with van der Waals surface area (Å²) in [6.45, 7) is 0. The number of hydrogen-bond donors (Lipinski definition) is 2. The number of nitrogens with two attached hydrogens (primary N) is 1. The molecule has 0 bridgehead atoms. The molecule has 1 aromatic carbocycles. The zero-order chi connectivity index (χ0) is 20.6. The molecule has 0 atom stereocenters. The van der Waals surface area contributed by atoms with E-state index < -0.39 is 17.6 Å². The largest absolute Gasteiger partial charge is 0.454 e. The lowest BCUT2D eigenvalue weighted by atomic mass is 10.1. The molecule has 0 spiro atoms. The summed E-state index contributed by atoms with van der Waals surface area (Å²) >= 11 is 0. The highest BCUT2D eigenvalue weighted by Crippen LogP contribution is 2.35. The lowest BCUT2D eigenvalue weighted by Crippen LogP contribution is -2.33. The second kappa shape index (κ2) is 7.31. The van der Waals surface area contributed by atoms with Crippen LogP contribution in [0.25, 0.3) is 22.8 Å². The molecule has 1 amide bonds. The van der Waals surface area contributed by atoms with Gasteiger partial charge in [-0.2, -0.15) is 13.2 Å². The van der Waals surface area contributed by atoms with Crippen LogP contribution in [0.5, 0.6) is 0 Å². The number of carbonyl (C=O) groups excluding carboxylic acids is 1. The van der Waals surface area contributed by atoms with E-state index in [0.717, 1.165) is 37.8 Å². The maximum absolute atomic E-state index is 13.0. The molecule has 9 heteroatoms. The Bertz CT molecular complexity index is 1030. The summed E-state index contributed by atoms with van der Waals surface area (Å²) in [6, 6.07) is 7.87. The average molecular weight is 405 g/mol. The number of anilines is 1. The number of alkyl halides is 3. The molecule has 29 heavy (non-hydrogen) atoms. The van der Waals surface area contributed by atoms with Crippen LogP contribution in [-0.4, -0.2) is 17.1 Å². The van der Waals surface area contributed by atoms with Gasteiger partial charge < -0.3 is 20.0 Å². The first-order chi connectivity index (χ1) is 13.8. The summed E-state index contributed by atoms with van der Waals surface area (Å²) in [5.41, 5.74) is 5.42. The predicted octanol–water partition coefficient (Wildman–Crippen LogP) is 4.88. The molecule has 0 aliphatic heterocycles. The van der Waals surface area contributed by atoms with E-state index in [0.29, 0.717) is 0 Å². The molecule has 1 aliphatic carbocycles. The van der Waals surface area contributed by atoms with Crippen molar-refractivity contribution in [3.63, 3.8) is 0 Å². The van der Waals surface area contributed by atoms with Crippen molar-refractivity contribution in [2.75, 3.05) is 5.73 Å². The zero-order valence-electron chi connectivity index (χ0n) is 15.3. The van der Waals surface area contributed by atoms with Crippen molar-refractivity contribution in [1.82, 2.24) is 10.5 Å². The monoisotopic (exact) mass is 405 g/mol. The van der Waals surface area contributed by atoms with Crippen LogP contribution >= 0.6 is 0 Å². The van der Waals surface area contributed by atoms with Gasteiger partial charge in [-0.25, -0.2) is 0 Å². The fourth-order valence-corrected chi connectivity index (χ4v) is 3.49. The first kappa shape index (κ1) is 19.1. The number of halogens is 3. The van der Waals surface area contributed by atoms with Crippen molar-refractivity contribution >= 4 is 11.8 Å². The minimum Gasteiger partial charge on any atom is -0.454 e. The summed E-state index contributed by atoms with van der Waals surface area (Å²) in [7, 11) is 0. The molecule has 1 aliphatic rings.